The van der Waals surface area contributed by atoms with Crippen LogP contribution in [0.2, 0.25) is 0 Å². The largest absolute Gasteiger partial charge is 0.495 e. The lowest BCUT2D eigenvalue weighted by molar-refractivity contribution is 0.0696. The highest BCUT2D eigenvalue weighted by Gasteiger charge is 2.12. The van der Waals surface area contributed by atoms with Crippen LogP contribution in [-0.4, -0.2) is 18.2 Å². The first-order valence-electron chi connectivity index (χ1n) is 6.29. The van der Waals surface area contributed by atoms with E-state index in [0.29, 0.717) is 22.6 Å². The van der Waals surface area contributed by atoms with Gasteiger partial charge in [0.25, 0.3) is 0 Å². The summed E-state index contributed by atoms with van der Waals surface area (Å²) >= 11 is 0. The number of hydrogen-bond acceptors (Lipinski definition) is 4. The second-order valence-corrected chi connectivity index (χ2v) is 4.31. The number of rotatable bonds is 5. The lowest BCUT2D eigenvalue weighted by Gasteiger charge is -2.13. The van der Waals surface area contributed by atoms with Crippen molar-refractivity contribution >= 4 is 11.7 Å². The molecule has 0 unspecified atom stereocenters. The van der Waals surface area contributed by atoms with Crippen molar-refractivity contribution in [1.29, 1.82) is 5.26 Å². The number of nitrogens with zero attached hydrogens (tertiary/aromatic N) is 1. The minimum atomic E-state index is -0.979. The fourth-order valence-corrected chi connectivity index (χ4v) is 2.04. The molecule has 2 aromatic rings. The van der Waals surface area contributed by atoms with E-state index in [9.17, 15) is 4.79 Å². The molecular formula is C16H14N2O3. The molecule has 106 valence electrons. The summed E-state index contributed by atoms with van der Waals surface area (Å²) in [5.74, 6) is -0.435. The van der Waals surface area contributed by atoms with Crippen LogP contribution in [0.5, 0.6) is 5.75 Å². The number of hydrogen-bond donors (Lipinski definition) is 2. The van der Waals surface area contributed by atoms with Gasteiger partial charge < -0.3 is 15.2 Å². The van der Waals surface area contributed by atoms with Crippen LogP contribution in [-0.2, 0) is 6.54 Å². The Labute approximate surface area is 122 Å². The van der Waals surface area contributed by atoms with Gasteiger partial charge >= 0.3 is 5.97 Å². The van der Waals surface area contributed by atoms with E-state index in [-0.39, 0.29) is 12.1 Å². The zero-order chi connectivity index (χ0) is 15.2. The second kappa shape index (κ2) is 6.44. The topological polar surface area (TPSA) is 82.3 Å². The molecule has 0 atom stereocenters. The number of benzene rings is 2. The molecule has 0 radical (unpaired) electrons. The fourth-order valence-electron chi connectivity index (χ4n) is 2.04. The van der Waals surface area contributed by atoms with Crippen molar-refractivity contribution in [3.8, 4) is 11.8 Å². The molecule has 0 amide bonds. The number of nitrogens with one attached hydrogen (secondary N) is 1. The summed E-state index contributed by atoms with van der Waals surface area (Å²) in [6.45, 7) is 0.289. The van der Waals surface area contributed by atoms with Gasteiger partial charge in [0, 0.05) is 6.54 Å². The Morgan fingerprint density at radius 3 is 2.71 bits per heavy atom. The van der Waals surface area contributed by atoms with Crippen LogP contribution in [0.15, 0.2) is 42.5 Å². The highest BCUT2D eigenvalue weighted by atomic mass is 16.5. The fraction of sp³-hybridized carbons (Fsp3) is 0.125. The van der Waals surface area contributed by atoms with Crippen LogP contribution in [0.3, 0.4) is 0 Å². The van der Waals surface area contributed by atoms with Gasteiger partial charge in [-0.3, -0.25) is 0 Å². The van der Waals surface area contributed by atoms with Crippen molar-refractivity contribution in [3.05, 3.63) is 59.2 Å². The number of para-hydroxylation sites is 1. The van der Waals surface area contributed by atoms with Crippen LogP contribution in [0.1, 0.15) is 21.5 Å². The number of ether oxygens (including phenoxy) is 1. The molecular weight excluding hydrogens is 268 g/mol. The van der Waals surface area contributed by atoms with Crippen molar-refractivity contribution in [2.45, 2.75) is 6.54 Å². The summed E-state index contributed by atoms with van der Waals surface area (Å²) in [6.07, 6.45) is 0. The Hall–Kier alpha value is -3.00. The zero-order valence-electron chi connectivity index (χ0n) is 11.5. The van der Waals surface area contributed by atoms with Gasteiger partial charge in [0.05, 0.1) is 23.9 Å². The van der Waals surface area contributed by atoms with E-state index in [1.807, 2.05) is 0 Å². The first-order valence-corrected chi connectivity index (χ1v) is 6.29. The average molecular weight is 282 g/mol. The third-order valence-electron chi connectivity index (χ3n) is 3.07. The smallest absolute Gasteiger partial charge is 0.336 e. The van der Waals surface area contributed by atoms with Crippen molar-refractivity contribution < 1.29 is 14.6 Å². The first kappa shape index (κ1) is 14.4. The van der Waals surface area contributed by atoms with Crippen molar-refractivity contribution in [2.75, 3.05) is 12.4 Å². The molecule has 0 aliphatic heterocycles. The van der Waals surface area contributed by atoms with Gasteiger partial charge in [0.1, 0.15) is 11.8 Å². The number of carboxylic acids is 1. The van der Waals surface area contributed by atoms with Gasteiger partial charge in [0.2, 0.25) is 0 Å². The Morgan fingerprint density at radius 2 is 2.05 bits per heavy atom. The minimum Gasteiger partial charge on any atom is -0.495 e. The molecule has 2 rings (SSSR count). The van der Waals surface area contributed by atoms with E-state index in [4.69, 9.17) is 15.1 Å². The standard InChI is InChI=1S/C16H14N2O3/c1-21-14-8-4-6-11(9-17)15(14)18-10-12-5-2-3-7-13(12)16(19)20/h2-8,18H,10H2,1H3,(H,19,20). The first-order chi connectivity index (χ1) is 10.2. The second-order valence-electron chi connectivity index (χ2n) is 4.31. The number of carboxylic acid groups (broad SMARTS) is 1. The predicted molar refractivity (Wildman–Crippen MR) is 78.4 cm³/mol. The van der Waals surface area contributed by atoms with Gasteiger partial charge in [-0.05, 0) is 23.8 Å². The monoisotopic (exact) mass is 282 g/mol. The van der Waals surface area contributed by atoms with E-state index >= 15 is 0 Å². The van der Waals surface area contributed by atoms with Gasteiger partial charge in [0.15, 0.2) is 0 Å². The van der Waals surface area contributed by atoms with Gasteiger partial charge in [-0.15, -0.1) is 0 Å². The Morgan fingerprint density at radius 1 is 1.29 bits per heavy atom. The number of anilines is 1. The molecule has 0 saturated carbocycles. The van der Waals surface area contributed by atoms with Crippen LogP contribution in [0.25, 0.3) is 0 Å². The summed E-state index contributed by atoms with van der Waals surface area (Å²) in [6, 6.07) is 14.0. The number of carbonyl (C=O) groups is 1. The van der Waals surface area contributed by atoms with Crippen molar-refractivity contribution in [3.63, 3.8) is 0 Å². The molecule has 5 nitrogen and oxygen atoms in total. The number of aromatic carboxylic acids is 1. The lowest BCUT2D eigenvalue weighted by atomic mass is 10.1. The minimum absolute atomic E-state index is 0.235. The number of nitriles is 1. The molecule has 0 fully saturated rings. The van der Waals surface area contributed by atoms with E-state index < -0.39 is 5.97 Å². The molecule has 2 N–H and O–H groups in total. The Bertz CT molecular complexity index is 705. The molecule has 0 aliphatic carbocycles. The number of methoxy groups -OCH3 is 1. The molecule has 21 heavy (non-hydrogen) atoms. The van der Waals surface area contributed by atoms with Crippen LogP contribution >= 0.6 is 0 Å². The normalized spacial score (nSPS) is 9.71. The maximum absolute atomic E-state index is 11.2. The summed E-state index contributed by atoms with van der Waals surface area (Å²) in [5.41, 5.74) is 1.88. The maximum atomic E-state index is 11.2. The van der Waals surface area contributed by atoms with Crippen LogP contribution in [0.4, 0.5) is 5.69 Å². The molecule has 2 aromatic carbocycles. The third kappa shape index (κ3) is 3.12. The van der Waals surface area contributed by atoms with Crippen LogP contribution < -0.4 is 10.1 Å². The van der Waals surface area contributed by atoms with E-state index in [1.54, 1.807) is 42.5 Å². The molecule has 0 heterocycles. The highest BCUT2D eigenvalue weighted by molar-refractivity contribution is 5.89. The Kier molecular flexibility index (Phi) is 4.42. The van der Waals surface area contributed by atoms with Crippen molar-refractivity contribution in [2.24, 2.45) is 0 Å². The van der Waals surface area contributed by atoms with Crippen molar-refractivity contribution in [1.82, 2.24) is 0 Å². The molecule has 5 heteroatoms. The van der Waals surface area contributed by atoms with E-state index in [1.165, 1.54) is 7.11 Å². The SMILES string of the molecule is COc1cccc(C#N)c1NCc1ccccc1C(=O)O. The molecule has 0 spiro atoms. The molecule has 0 aliphatic rings. The van der Waals surface area contributed by atoms with Gasteiger partial charge in [-0.25, -0.2) is 4.79 Å². The Balaban J connectivity index is 2.29. The molecule has 0 saturated heterocycles. The highest BCUT2D eigenvalue weighted by Crippen LogP contribution is 2.28. The lowest BCUT2D eigenvalue weighted by Crippen LogP contribution is -2.08. The predicted octanol–water partition coefficient (Wildman–Crippen LogP) is 2.88. The maximum Gasteiger partial charge on any atom is 0.336 e. The average Bonchev–Trinajstić information content (AvgIpc) is 2.52. The quantitative estimate of drug-likeness (QED) is 0.881. The zero-order valence-corrected chi connectivity index (χ0v) is 11.5. The summed E-state index contributed by atoms with van der Waals surface area (Å²) in [5, 5.41) is 21.4. The van der Waals surface area contributed by atoms with E-state index in [2.05, 4.69) is 11.4 Å². The third-order valence-corrected chi connectivity index (χ3v) is 3.07. The molecule has 0 aromatic heterocycles. The van der Waals surface area contributed by atoms with Gasteiger partial charge in [-0.1, -0.05) is 24.3 Å². The summed E-state index contributed by atoms with van der Waals surface area (Å²) in [7, 11) is 1.52. The van der Waals surface area contributed by atoms with E-state index in [0.717, 1.165) is 0 Å². The van der Waals surface area contributed by atoms with Crippen LogP contribution in [0, 0.1) is 11.3 Å². The summed E-state index contributed by atoms with van der Waals surface area (Å²) < 4.78 is 5.22. The molecule has 0 bridgehead atoms. The summed E-state index contributed by atoms with van der Waals surface area (Å²) in [4.78, 5) is 11.2. The van der Waals surface area contributed by atoms with Gasteiger partial charge in [-0.2, -0.15) is 5.26 Å².